The van der Waals surface area contributed by atoms with E-state index in [1.807, 2.05) is 17.9 Å². The molecule has 24 heavy (non-hydrogen) atoms. The van der Waals surface area contributed by atoms with Crippen LogP contribution >= 0.6 is 12.4 Å². The Morgan fingerprint density at radius 2 is 2.00 bits per heavy atom. The Kier molecular flexibility index (Phi) is 4.42. The van der Waals surface area contributed by atoms with Crippen LogP contribution in [0.3, 0.4) is 0 Å². The molecule has 2 atom stereocenters. The molecule has 3 aliphatic rings. The van der Waals surface area contributed by atoms with Crippen LogP contribution in [0.2, 0.25) is 0 Å². The second-order valence-electron chi connectivity index (χ2n) is 8.00. The number of carbonyl (C=O) groups is 1. The highest BCUT2D eigenvalue weighted by Gasteiger charge is 2.52. The van der Waals surface area contributed by atoms with E-state index in [2.05, 4.69) is 0 Å². The summed E-state index contributed by atoms with van der Waals surface area (Å²) in [6.45, 7) is 2.63. The molecule has 4 rings (SSSR count). The van der Waals surface area contributed by atoms with Gasteiger partial charge in [-0.25, -0.2) is 4.39 Å². The highest BCUT2D eigenvalue weighted by molar-refractivity contribution is 5.98. The van der Waals surface area contributed by atoms with Gasteiger partial charge in [0.2, 0.25) is 5.91 Å². The predicted molar refractivity (Wildman–Crippen MR) is 96.1 cm³/mol. The standard InChI is InChI=1S/C19H25FN2O.ClH/c1-18(21)9-3-2-6-13(18)17(23)22-12-19(10-5-11-19)16-14(20)7-4-8-15(16)22;/h4,7-8,13H,2-3,5-6,9-12,21H2,1H3;1H. The Hall–Kier alpha value is -1.13. The molecule has 0 radical (unpaired) electrons. The van der Waals surface area contributed by atoms with Gasteiger partial charge in [-0.15, -0.1) is 12.4 Å². The van der Waals surface area contributed by atoms with Crippen molar-refractivity contribution >= 4 is 24.0 Å². The van der Waals surface area contributed by atoms with Gasteiger partial charge in [0, 0.05) is 23.1 Å². The SMILES string of the molecule is CC1(N)CCCCC1C(=O)N1CC2(CCC2)c2c(F)cccc21.Cl. The lowest BCUT2D eigenvalue weighted by molar-refractivity contribution is -0.125. The molecular formula is C19H26ClFN2O. The molecule has 0 saturated heterocycles. The Balaban J connectivity index is 0.00000169. The maximum Gasteiger partial charge on any atom is 0.231 e. The number of halogens is 2. The first-order chi connectivity index (χ1) is 10.9. The molecule has 2 fully saturated rings. The number of amides is 1. The molecule has 1 aromatic carbocycles. The second-order valence-corrected chi connectivity index (χ2v) is 8.00. The molecule has 1 heterocycles. The van der Waals surface area contributed by atoms with Gasteiger partial charge in [-0.2, -0.15) is 0 Å². The number of benzene rings is 1. The summed E-state index contributed by atoms with van der Waals surface area (Å²) in [7, 11) is 0. The van der Waals surface area contributed by atoms with Gasteiger partial charge in [-0.05, 0) is 44.7 Å². The summed E-state index contributed by atoms with van der Waals surface area (Å²) in [6.07, 6.45) is 6.96. The number of fused-ring (bicyclic) bond motifs is 2. The van der Waals surface area contributed by atoms with Crippen LogP contribution in [0.1, 0.15) is 57.4 Å². The highest BCUT2D eigenvalue weighted by Crippen LogP contribution is 2.54. The van der Waals surface area contributed by atoms with Crippen LogP contribution in [0.4, 0.5) is 10.1 Å². The third-order valence-corrected chi connectivity index (χ3v) is 6.40. The molecule has 5 heteroatoms. The summed E-state index contributed by atoms with van der Waals surface area (Å²) >= 11 is 0. The van der Waals surface area contributed by atoms with Crippen molar-refractivity contribution in [3.8, 4) is 0 Å². The largest absolute Gasteiger partial charge is 0.325 e. The van der Waals surface area contributed by atoms with E-state index in [1.165, 1.54) is 6.07 Å². The molecule has 2 unspecified atom stereocenters. The van der Waals surface area contributed by atoms with Crippen molar-refractivity contribution in [2.45, 2.75) is 62.8 Å². The maximum atomic E-state index is 14.5. The number of rotatable bonds is 1. The molecular weight excluding hydrogens is 327 g/mol. The van der Waals surface area contributed by atoms with Crippen LogP contribution in [0.5, 0.6) is 0 Å². The third kappa shape index (κ3) is 2.46. The van der Waals surface area contributed by atoms with Gasteiger partial charge in [-0.1, -0.05) is 25.3 Å². The highest BCUT2D eigenvalue weighted by atomic mass is 35.5. The van der Waals surface area contributed by atoms with Crippen molar-refractivity contribution in [2.24, 2.45) is 11.7 Å². The number of hydrogen-bond donors (Lipinski definition) is 1. The predicted octanol–water partition coefficient (Wildman–Crippen LogP) is 3.92. The van der Waals surface area contributed by atoms with E-state index in [1.54, 1.807) is 6.07 Å². The Bertz CT molecular complexity index is 657. The van der Waals surface area contributed by atoms with Crippen molar-refractivity contribution in [2.75, 3.05) is 11.4 Å². The normalized spacial score (nSPS) is 30.5. The van der Waals surface area contributed by atoms with E-state index in [4.69, 9.17) is 5.73 Å². The van der Waals surface area contributed by atoms with Crippen molar-refractivity contribution in [3.05, 3.63) is 29.6 Å². The lowest BCUT2D eigenvalue weighted by atomic mass is 9.65. The summed E-state index contributed by atoms with van der Waals surface area (Å²) in [5, 5.41) is 0. The minimum atomic E-state index is -0.446. The number of anilines is 1. The Morgan fingerprint density at radius 3 is 2.62 bits per heavy atom. The Labute approximate surface area is 149 Å². The summed E-state index contributed by atoms with van der Waals surface area (Å²) in [6, 6.07) is 5.15. The number of nitrogens with zero attached hydrogens (tertiary/aromatic N) is 1. The van der Waals surface area contributed by atoms with E-state index in [9.17, 15) is 9.18 Å². The molecule has 1 spiro atoms. The average molecular weight is 353 g/mol. The molecule has 2 saturated carbocycles. The van der Waals surface area contributed by atoms with Crippen molar-refractivity contribution in [3.63, 3.8) is 0 Å². The third-order valence-electron chi connectivity index (χ3n) is 6.40. The monoisotopic (exact) mass is 352 g/mol. The minimum absolute atomic E-state index is 0. The quantitative estimate of drug-likeness (QED) is 0.832. The van der Waals surface area contributed by atoms with Crippen LogP contribution in [0.15, 0.2) is 18.2 Å². The zero-order chi connectivity index (χ0) is 16.2. The zero-order valence-electron chi connectivity index (χ0n) is 14.2. The van der Waals surface area contributed by atoms with E-state index >= 15 is 0 Å². The van der Waals surface area contributed by atoms with Gasteiger partial charge in [0.05, 0.1) is 11.6 Å². The minimum Gasteiger partial charge on any atom is -0.325 e. The molecule has 3 nitrogen and oxygen atoms in total. The average Bonchev–Trinajstić information content (AvgIpc) is 2.83. The molecule has 2 N–H and O–H groups in total. The van der Waals surface area contributed by atoms with E-state index < -0.39 is 5.54 Å². The number of hydrogen-bond acceptors (Lipinski definition) is 2. The van der Waals surface area contributed by atoms with Crippen LogP contribution in [-0.4, -0.2) is 18.0 Å². The first-order valence-electron chi connectivity index (χ1n) is 8.84. The van der Waals surface area contributed by atoms with Crippen LogP contribution in [-0.2, 0) is 10.2 Å². The first kappa shape index (κ1) is 17.7. The smallest absolute Gasteiger partial charge is 0.231 e. The molecule has 0 bridgehead atoms. The second kappa shape index (κ2) is 5.99. The lowest BCUT2D eigenvalue weighted by Crippen LogP contribution is -2.54. The van der Waals surface area contributed by atoms with Crippen molar-refractivity contribution < 1.29 is 9.18 Å². The molecule has 0 aromatic heterocycles. The van der Waals surface area contributed by atoms with Crippen LogP contribution in [0.25, 0.3) is 0 Å². The summed E-state index contributed by atoms with van der Waals surface area (Å²) in [5.41, 5.74) is 7.40. The molecule has 132 valence electrons. The molecule has 2 aliphatic carbocycles. The topological polar surface area (TPSA) is 46.3 Å². The van der Waals surface area contributed by atoms with Gasteiger partial charge < -0.3 is 10.6 Å². The first-order valence-corrected chi connectivity index (χ1v) is 8.84. The van der Waals surface area contributed by atoms with Gasteiger partial charge in [0.25, 0.3) is 0 Å². The Morgan fingerprint density at radius 1 is 1.25 bits per heavy atom. The summed E-state index contributed by atoms with van der Waals surface area (Å²) in [5.74, 6) is -0.204. The maximum absolute atomic E-state index is 14.5. The molecule has 1 aromatic rings. The zero-order valence-corrected chi connectivity index (χ0v) is 15.0. The summed E-state index contributed by atoms with van der Waals surface area (Å²) < 4.78 is 14.5. The van der Waals surface area contributed by atoms with Crippen molar-refractivity contribution in [1.29, 1.82) is 0 Å². The van der Waals surface area contributed by atoms with E-state index in [-0.39, 0.29) is 35.5 Å². The molecule has 1 amide bonds. The lowest BCUT2D eigenvalue weighted by Gasteiger charge is -2.41. The van der Waals surface area contributed by atoms with E-state index in [0.717, 1.165) is 56.2 Å². The fourth-order valence-corrected chi connectivity index (χ4v) is 4.89. The van der Waals surface area contributed by atoms with Crippen LogP contribution in [0, 0.1) is 11.7 Å². The number of carbonyl (C=O) groups excluding carboxylic acids is 1. The summed E-state index contributed by atoms with van der Waals surface area (Å²) in [4.78, 5) is 15.1. The fourth-order valence-electron chi connectivity index (χ4n) is 4.89. The molecule has 1 aliphatic heterocycles. The van der Waals surface area contributed by atoms with Gasteiger partial charge in [-0.3, -0.25) is 4.79 Å². The van der Waals surface area contributed by atoms with Gasteiger partial charge in [0.1, 0.15) is 5.82 Å². The van der Waals surface area contributed by atoms with Gasteiger partial charge in [0.15, 0.2) is 0 Å². The van der Waals surface area contributed by atoms with Gasteiger partial charge >= 0.3 is 0 Å². The van der Waals surface area contributed by atoms with E-state index in [0.29, 0.717) is 6.54 Å². The van der Waals surface area contributed by atoms with Crippen molar-refractivity contribution in [1.82, 2.24) is 0 Å². The van der Waals surface area contributed by atoms with Crippen LogP contribution < -0.4 is 10.6 Å². The fraction of sp³-hybridized carbons (Fsp3) is 0.632. The number of nitrogens with two attached hydrogens (primary N) is 1.